The number of hydrogen-bond donors (Lipinski definition) is 2. The third kappa shape index (κ3) is 4.98. The monoisotopic (exact) mass is 463 g/mol. The summed E-state index contributed by atoms with van der Waals surface area (Å²) in [5.41, 5.74) is 0.595. The number of carbonyl (C=O) groups excluding carboxylic acids is 4. The second-order valence-corrected chi connectivity index (χ2v) is 7.99. The van der Waals surface area contributed by atoms with Crippen molar-refractivity contribution in [3.63, 3.8) is 0 Å². The van der Waals surface area contributed by atoms with Gasteiger partial charge in [0, 0.05) is 5.02 Å². The van der Waals surface area contributed by atoms with Crippen molar-refractivity contribution in [1.82, 2.24) is 10.2 Å². The van der Waals surface area contributed by atoms with E-state index in [9.17, 15) is 19.2 Å². The van der Waals surface area contributed by atoms with Crippen molar-refractivity contribution in [1.29, 1.82) is 0 Å². The highest BCUT2D eigenvalue weighted by atomic mass is 35.5. The van der Waals surface area contributed by atoms with Gasteiger partial charge >= 0.3 is 12.0 Å². The fraction of sp³-hybridized carbons (Fsp3) is 0.238. The van der Waals surface area contributed by atoms with E-state index in [1.54, 1.807) is 19.1 Å². The standard InChI is InChI=1S/C21H19Cl2N3O5/c1-12-3-5-13(6-4-12)21(2)19(29)26(20(30)25-21)10-18(28)31-11-17(27)24-16-8-7-14(22)9-15(16)23/h3-9H,10-11H2,1-2H3,(H,24,27)(H,25,30)/t21-/m1/s1. The summed E-state index contributed by atoms with van der Waals surface area (Å²) in [5, 5.41) is 5.71. The van der Waals surface area contributed by atoms with E-state index in [4.69, 9.17) is 27.9 Å². The molecule has 31 heavy (non-hydrogen) atoms. The van der Waals surface area contributed by atoms with Crippen LogP contribution < -0.4 is 10.6 Å². The molecule has 0 aromatic heterocycles. The van der Waals surface area contributed by atoms with Gasteiger partial charge in [-0.3, -0.25) is 19.3 Å². The number of hydrogen-bond acceptors (Lipinski definition) is 5. The Balaban J connectivity index is 1.57. The first kappa shape index (κ1) is 22.6. The van der Waals surface area contributed by atoms with Crippen LogP contribution in [-0.2, 0) is 24.7 Å². The number of halogens is 2. The van der Waals surface area contributed by atoms with E-state index >= 15 is 0 Å². The highest BCUT2D eigenvalue weighted by molar-refractivity contribution is 6.36. The Morgan fingerprint density at radius 2 is 1.81 bits per heavy atom. The van der Waals surface area contributed by atoms with Gasteiger partial charge in [-0.2, -0.15) is 0 Å². The molecule has 10 heteroatoms. The van der Waals surface area contributed by atoms with Crippen LogP contribution in [0.1, 0.15) is 18.1 Å². The van der Waals surface area contributed by atoms with Gasteiger partial charge in [0.15, 0.2) is 6.61 Å². The molecule has 1 atom stereocenters. The first-order chi connectivity index (χ1) is 14.6. The van der Waals surface area contributed by atoms with E-state index in [2.05, 4.69) is 10.6 Å². The third-order valence-electron chi connectivity index (χ3n) is 4.76. The Morgan fingerprint density at radius 3 is 2.45 bits per heavy atom. The van der Waals surface area contributed by atoms with Crippen LogP contribution in [0, 0.1) is 6.92 Å². The van der Waals surface area contributed by atoms with E-state index in [-0.39, 0.29) is 5.02 Å². The van der Waals surface area contributed by atoms with Crippen LogP contribution in [0.2, 0.25) is 10.0 Å². The zero-order chi connectivity index (χ0) is 22.8. The highest BCUT2D eigenvalue weighted by Crippen LogP contribution is 2.29. The molecule has 2 N–H and O–H groups in total. The molecule has 4 amide bonds. The number of benzene rings is 2. The molecule has 0 spiro atoms. The van der Waals surface area contributed by atoms with Gasteiger partial charge in [0.05, 0.1) is 10.7 Å². The van der Waals surface area contributed by atoms with E-state index < -0.39 is 42.5 Å². The second kappa shape index (κ2) is 8.95. The summed E-state index contributed by atoms with van der Waals surface area (Å²) in [6, 6.07) is 10.9. The lowest BCUT2D eigenvalue weighted by molar-refractivity contribution is -0.150. The molecule has 2 aromatic carbocycles. The van der Waals surface area contributed by atoms with Gasteiger partial charge in [0.2, 0.25) is 0 Å². The van der Waals surface area contributed by atoms with Gasteiger partial charge in [-0.05, 0) is 37.6 Å². The van der Waals surface area contributed by atoms with Crippen LogP contribution in [0.4, 0.5) is 10.5 Å². The molecular weight excluding hydrogens is 445 g/mol. The number of ether oxygens (including phenoxy) is 1. The smallest absolute Gasteiger partial charge is 0.326 e. The van der Waals surface area contributed by atoms with Gasteiger partial charge in [0.25, 0.3) is 11.8 Å². The molecule has 8 nitrogen and oxygen atoms in total. The molecule has 1 saturated heterocycles. The molecule has 0 saturated carbocycles. The Kier molecular flexibility index (Phi) is 6.52. The summed E-state index contributed by atoms with van der Waals surface area (Å²) >= 11 is 11.8. The average Bonchev–Trinajstić information content (AvgIpc) is 2.93. The number of carbonyl (C=O) groups is 4. The van der Waals surface area contributed by atoms with E-state index in [0.717, 1.165) is 10.5 Å². The summed E-state index contributed by atoms with van der Waals surface area (Å²) in [5.74, 6) is -2.14. The van der Waals surface area contributed by atoms with E-state index in [1.807, 2.05) is 19.1 Å². The Bertz CT molecular complexity index is 1060. The summed E-state index contributed by atoms with van der Waals surface area (Å²) in [6.07, 6.45) is 0. The minimum Gasteiger partial charge on any atom is -0.454 e. The van der Waals surface area contributed by atoms with Crippen LogP contribution in [0.25, 0.3) is 0 Å². The van der Waals surface area contributed by atoms with E-state index in [1.165, 1.54) is 18.2 Å². The van der Waals surface area contributed by atoms with Gasteiger partial charge < -0.3 is 15.4 Å². The topological polar surface area (TPSA) is 105 Å². The zero-order valence-corrected chi connectivity index (χ0v) is 18.2. The summed E-state index contributed by atoms with van der Waals surface area (Å²) in [6.45, 7) is 2.23. The lowest BCUT2D eigenvalue weighted by Crippen LogP contribution is -2.41. The number of nitrogens with zero attached hydrogens (tertiary/aromatic N) is 1. The van der Waals surface area contributed by atoms with Crippen LogP contribution >= 0.6 is 23.2 Å². The number of imide groups is 1. The number of amides is 4. The minimum atomic E-state index is -1.30. The number of anilines is 1. The maximum atomic E-state index is 12.8. The average molecular weight is 464 g/mol. The fourth-order valence-corrected chi connectivity index (χ4v) is 3.48. The predicted octanol–water partition coefficient (Wildman–Crippen LogP) is 3.25. The number of rotatable bonds is 6. The van der Waals surface area contributed by atoms with Crippen LogP contribution in [0.5, 0.6) is 0 Å². The molecule has 3 rings (SSSR count). The Morgan fingerprint density at radius 1 is 1.13 bits per heavy atom. The van der Waals surface area contributed by atoms with Crippen molar-refractivity contribution in [2.75, 3.05) is 18.5 Å². The molecule has 1 fully saturated rings. The molecule has 0 unspecified atom stereocenters. The molecule has 0 aliphatic carbocycles. The normalized spacial score (nSPS) is 18.0. The van der Waals surface area contributed by atoms with Gasteiger partial charge in [-0.15, -0.1) is 0 Å². The molecule has 0 bridgehead atoms. The molecule has 2 aromatic rings. The molecular formula is C21H19Cl2N3O5. The van der Waals surface area contributed by atoms with E-state index in [0.29, 0.717) is 16.3 Å². The van der Waals surface area contributed by atoms with Crippen molar-refractivity contribution >= 4 is 52.7 Å². The molecule has 0 radical (unpaired) electrons. The van der Waals surface area contributed by atoms with Crippen LogP contribution in [0.3, 0.4) is 0 Å². The predicted molar refractivity (Wildman–Crippen MR) is 115 cm³/mol. The van der Waals surface area contributed by atoms with Crippen molar-refractivity contribution in [2.45, 2.75) is 19.4 Å². The van der Waals surface area contributed by atoms with Crippen molar-refractivity contribution in [3.05, 3.63) is 63.6 Å². The summed E-state index contributed by atoms with van der Waals surface area (Å²) < 4.78 is 4.89. The largest absolute Gasteiger partial charge is 0.454 e. The lowest BCUT2D eigenvalue weighted by Gasteiger charge is -2.22. The van der Waals surface area contributed by atoms with Crippen molar-refractivity contribution in [3.8, 4) is 0 Å². The number of aryl methyl sites for hydroxylation is 1. The molecule has 1 aliphatic rings. The van der Waals surface area contributed by atoms with Crippen molar-refractivity contribution < 1.29 is 23.9 Å². The minimum absolute atomic E-state index is 0.224. The third-order valence-corrected chi connectivity index (χ3v) is 5.31. The molecule has 1 aliphatic heterocycles. The number of esters is 1. The van der Waals surface area contributed by atoms with Gasteiger partial charge in [-0.25, -0.2) is 4.79 Å². The Hall–Kier alpha value is -3.10. The highest BCUT2D eigenvalue weighted by Gasteiger charge is 2.49. The maximum Gasteiger partial charge on any atom is 0.326 e. The van der Waals surface area contributed by atoms with Gasteiger partial charge in [-0.1, -0.05) is 53.0 Å². The fourth-order valence-electron chi connectivity index (χ4n) is 3.02. The second-order valence-electron chi connectivity index (χ2n) is 7.15. The first-order valence-electron chi connectivity index (χ1n) is 9.22. The Labute approximate surface area is 188 Å². The van der Waals surface area contributed by atoms with Crippen LogP contribution in [0.15, 0.2) is 42.5 Å². The number of urea groups is 1. The SMILES string of the molecule is Cc1ccc([C@@]2(C)NC(=O)N(CC(=O)OCC(=O)Nc3ccc(Cl)cc3Cl)C2=O)cc1. The quantitative estimate of drug-likeness (QED) is 0.505. The van der Waals surface area contributed by atoms with Crippen molar-refractivity contribution in [2.24, 2.45) is 0 Å². The first-order valence-corrected chi connectivity index (χ1v) is 9.97. The lowest BCUT2D eigenvalue weighted by atomic mass is 9.91. The molecule has 162 valence electrons. The summed E-state index contributed by atoms with van der Waals surface area (Å²) in [7, 11) is 0. The van der Waals surface area contributed by atoms with Crippen LogP contribution in [-0.4, -0.2) is 41.9 Å². The summed E-state index contributed by atoms with van der Waals surface area (Å²) in [4.78, 5) is 50.0. The maximum absolute atomic E-state index is 12.8. The zero-order valence-electron chi connectivity index (χ0n) is 16.7. The van der Waals surface area contributed by atoms with Gasteiger partial charge in [0.1, 0.15) is 12.1 Å². The number of nitrogens with one attached hydrogen (secondary N) is 2. The molecule has 1 heterocycles.